The summed E-state index contributed by atoms with van der Waals surface area (Å²) in [5.41, 5.74) is 4.32. The first-order valence-electron chi connectivity index (χ1n) is 15.3. The van der Waals surface area contributed by atoms with Gasteiger partial charge in [0.25, 0.3) is 5.91 Å². The van der Waals surface area contributed by atoms with Gasteiger partial charge in [-0.25, -0.2) is 9.98 Å². The number of aromatic nitrogens is 2. The van der Waals surface area contributed by atoms with Crippen molar-refractivity contribution in [2.24, 2.45) is 16.8 Å². The summed E-state index contributed by atoms with van der Waals surface area (Å²) in [4.78, 5) is 38.5. The van der Waals surface area contributed by atoms with Crippen LogP contribution in [0.25, 0.3) is 11.0 Å². The van der Waals surface area contributed by atoms with Gasteiger partial charge in [0.15, 0.2) is 0 Å². The number of carbonyl (C=O) groups excluding carboxylic acids is 2. The summed E-state index contributed by atoms with van der Waals surface area (Å²) >= 11 is 0. The highest BCUT2D eigenvalue weighted by molar-refractivity contribution is 5.97. The number of aromatic amines is 1. The molecule has 9 nitrogen and oxygen atoms in total. The summed E-state index contributed by atoms with van der Waals surface area (Å²) in [5, 5.41) is 12.3. The molecule has 2 fully saturated rings. The number of nitrogens with zero attached hydrogens (tertiary/aromatic N) is 3. The van der Waals surface area contributed by atoms with Gasteiger partial charge in [-0.1, -0.05) is 38.7 Å². The zero-order chi connectivity index (χ0) is 31.4. The Hall–Kier alpha value is -4.14. The molecule has 232 valence electrons. The average molecular weight is 590 g/mol. The predicted molar refractivity (Wildman–Crippen MR) is 173 cm³/mol. The molecule has 2 aliphatic heterocycles. The predicted octanol–water partition coefficient (Wildman–Crippen LogP) is 6.42. The minimum atomic E-state index is -0.129. The lowest BCUT2D eigenvalue weighted by Crippen LogP contribution is -2.44. The van der Waals surface area contributed by atoms with Crippen LogP contribution >= 0.6 is 0 Å². The van der Waals surface area contributed by atoms with E-state index in [1.54, 1.807) is 25.3 Å². The number of hydrogen-bond acceptors (Lipinski definition) is 6. The maximum Gasteiger partial charge on any atom is 0.251 e. The number of carbonyl (C=O) groups is 2. The summed E-state index contributed by atoms with van der Waals surface area (Å²) in [5.74, 6) is 2.07. The van der Waals surface area contributed by atoms with Crippen molar-refractivity contribution in [1.82, 2.24) is 20.2 Å². The molecule has 2 aromatic rings. The Labute approximate surface area is 255 Å². The van der Waals surface area contributed by atoms with Crippen molar-refractivity contribution in [3.63, 3.8) is 0 Å². The fraction of sp³-hybridized carbons (Fsp3) is 0.471. The number of piperidine rings is 1. The Balaban J connectivity index is 0.000000284. The number of hydrogen-bond donors (Lipinski definition) is 3. The Morgan fingerprint density at radius 1 is 1.26 bits per heavy atom. The third kappa shape index (κ3) is 9.70. The van der Waals surface area contributed by atoms with E-state index in [4.69, 9.17) is 4.74 Å². The Kier molecular flexibility index (Phi) is 12.8. The number of benzene rings is 1. The Bertz CT molecular complexity index is 1400. The topological polar surface area (TPSA) is 120 Å². The molecule has 2 amide bonds. The van der Waals surface area contributed by atoms with Crippen LogP contribution in [0.2, 0.25) is 0 Å². The minimum absolute atomic E-state index is 0.0405. The van der Waals surface area contributed by atoms with Crippen molar-refractivity contribution >= 4 is 29.1 Å². The monoisotopic (exact) mass is 589 g/mol. The lowest BCUT2D eigenvalue weighted by atomic mass is 9.97. The number of amides is 2. The number of imidazole rings is 1. The van der Waals surface area contributed by atoms with Crippen molar-refractivity contribution in [2.45, 2.75) is 66.2 Å². The average Bonchev–Trinajstić information content (AvgIpc) is 3.83. The van der Waals surface area contributed by atoms with E-state index in [9.17, 15) is 14.7 Å². The van der Waals surface area contributed by atoms with Gasteiger partial charge in [-0.2, -0.15) is 0 Å². The number of allylic oxidation sites excluding steroid dienone is 6. The molecule has 0 spiro atoms. The van der Waals surface area contributed by atoms with E-state index in [2.05, 4.69) is 52.0 Å². The molecular weight excluding hydrogens is 542 g/mol. The molecule has 9 heteroatoms. The van der Waals surface area contributed by atoms with Crippen LogP contribution < -0.4 is 5.32 Å². The number of fused-ring (bicyclic) bond motifs is 1. The van der Waals surface area contributed by atoms with E-state index in [0.717, 1.165) is 61.8 Å². The number of aliphatic hydroxyl groups excluding tert-OH is 1. The normalized spacial score (nSPS) is 18.2. The summed E-state index contributed by atoms with van der Waals surface area (Å²) in [6.07, 6.45) is 13.3. The maximum absolute atomic E-state index is 12.6. The van der Waals surface area contributed by atoms with Crippen LogP contribution in [0, 0.1) is 11.8 Å². The van der Waals surface area contributed by atoms with Crippen LogP contribution in [-0.4, -0.2) is 64.7 Å². The van der Waals surface area contributed by atoms with Crippen molar-refractivity contribution in [3.8, 4) is 0 Å². The summed E-state index contributed by atoms with van der Waals surface area (Å²) in [6, 6.07) is 5.31. The maximum atomic E-state index is 12.6. The molecule has 5 rings (SSSR count). The second kappa shape index (κ2) is 16.5. The van der Waals surface area contributed by atoms with E-state index in [0.29, 0.717) is 35.6 Å². The molecule has 3 aliphatic rings. The summed E-state index contributed by atoms with van der Waals surface area (Å²) in [6.45, 7) is 13.7. The highest BCUT2D eigenvalue weighted by Gasteiger charge is 2.35. The summed E-state index contributed by atoms with van der Waals surface area (Å²) < 4.78 is 5.20. The van der Waals surface area contributed by atoms with Gasteiger partial charge >= 0.3 is 0 Å². The molecule has 0 bridgehead atoms. The van der Waals surface area contributed by atoms with Crippen LogP contribution in [0.5, 0.6) is 0 Å². The van der Waals surface area contributed by atoms with E-state index >= 15 is 0 Å². The molecule has 1 aromatic carbocycles. The number of aliphatic hydroxyl groups is 1. The molecule has 3 heterocycles. The van der Waals surface area contributed by atoms with Crippen LogP contribution in [0.15, 0.2) is 70.8 Å². The highest BCUT2D eigenvalue weighted by atomic mass is 16.5. The first kappa shape index (κ1) is 33.4. The third-order valence-electron chi connectivity index (χ3n) is 7.49. The number of H-pyrrole nitrogens is 1. The van der Waals surface area contributed by atoms with Gasteiger partial charge in [0, 0.05) is 49.3 Å². The van der Waals surface area contributed by atoms with Crippen LogP contribution in [0.1, 0.15) is 76.0 Å². The first-order valence-corrected chi connectivity index (χ1v) is 15.3. The zero-order valence-electron chi connectivity index (χ0n) is 26.3. The van der Waals surface area contributed by atoms with Gasteiger partial charge in [0.1, 0.15) is 5.82 Å². The quantitative estimate of drug-likeness (QED) is 0.307. The number of likely N-dealkylation sites (tertiary alicyclic amines) is 1. The van der Waals surface area contributed by atoms with E-state index in [-0.39, 0.29) is 24.0 Å². The molecule has 3 N–H and O–H groups in total. The van der Waals surface area contributed by atoms with Gasteiger partial charge in [0.05, 0.1) is 30.3 Å². The molecule has 1 aromatic heterocycles. The molecule has 43 heavy (non-hydrogen) atoms. The zero-order valence-corrected chi connectivity index (χ0v) is 26.3. The third-order valence-corrected chi connectivity index (χ3v) is 7.49. The molecular formula is C34H47N5O4. The van der Waals surface area contributed by atoms with Crippen LogP contribution in [-0.2, 0) is 16.0 Å². The van der Waals surface area contributed by atoms with Gasteiger partial charge in [-0.3, -0.25) is 9.59 Å². The fourth-order valence-electron chi connectivity index (χ4n) is 4.98. The van der Waals surface area contributed by atoms with Crippen LogP contribution in [0.3, 0.4) is 0 Å². The van der Waals surface area contributed by atoms with Crippen molar-refractivity contribution in [1.29, 1.82) is 0 Å². The second-order valence-electron chi connectivity index (χ2n) is 10.8. The van der Waals surface area contributed by atoms with E-state index < -0.39 is 0 Å². The molecule has 1 unspecified atom stereocenters. The van der Waals surface area contributed by atoms with Crippen molar-refractivity contribution in [3.05, 3.63) is 77.2 Å². The Morgan fingerprint density at radius 2 is 2.02 bits per heavy atom. The standard InChI is InChI=1S/C21H26N4O3.C11H15NO.C2H6/c1-13(26)9-19-23-17-7-6-16(10-18(17)24-19)20(27)22-11-14-3-2-8-25(12-14)21(28)15-4-5-15;1-4-9(2)10-7-5-6-8-12-11(10)13-3;1-2/h6-7,10,14-15,26H,1-5,8-9,11-12H2,(H,22,27)(H,23,24);4-5,7-8H,6H2,1-3H3;1-2H3/b;9-4+;. The largest absolute Gasteiger partial charge is 0.512 e. The van der Waals surface area contributed by atoms with Crippen molar-refractivity contribution in [2.75, 3.05) is 26.7 Å². The first-order chi connectivity index (χ1) is 20.8. The number of ether oxygens (including phenoxy) is 1. The fourth-order valence-corrected chi connectivity index (χ4v) is 4.98. The summed E-state index contributed by atoms with van der Waals surface area (Å²) in [7, 11) is 1.65. The number of rotatable bonds is 8. The minimum Gasteiger partial charge on any atom is -0.512 e. The van der Waals surface area contributed by atoms with E-state index in [1.165, 1.54) is 5.57 Å². The van der Waals surface area contributed by atoms with E-state index in [1.807, 2.05) is 31.9 Å². The molecule has 1 atom stereocenters. The van der Waals surface area contributed by atoms with Gasteiger partial charge < -0.3 is 25.0 Å². The van der Waals surface area contributed by atoms with Crippen molar-refractivity contribution < 1.29 is 19.4 Å². The van der Waals surface area contributed by atoms with Gasteiger partial charge in [-0.05, 0) is 69.2 Å². The number of methoxy groups -OCH3 is 1. The number of nitrogens with one attached hydrogen (secondary N) is 2. The number of aliphatic imine (C=N–C) groups is 1. The molecule has 1 aliphatic carbocycles. The lowest BCUT2D eigenvalue weighted by Gasteiger charge is -2.33. The second-order valence-corrected chi connectivity index (χ2v) is 10.8. The molecule has 1 saturated heterocycles. The van der Waals surface area contributed by atoms with Crippen LogP contribution in [0.4, 0.5) is 0 Å². The smallest absolute Gasteiger partial charge is 0.251 e. The lowest BCUT2D eigenvalue weighted by molar-refractivity contribution is -0.134. The van der Waals surface area contributed by atoms with Gasteiger partial charge in [0.2, 0.25) is 11.8 Å². The Morgan fingerprint density at radius 3 is 2.70 bits per heavy atom. The highest BCUT2D eigenvalue weighted by Crippen LogP contribution is 2.32. The van der Waals surface area contributed by atoms with Gasteiger partial charge in [-0.15, -0.1) is 0 Å². The molecule has 0 radical (unpaired) electrons. The SMILES string of the molecule is C/C=C(\C)C1=C(OC)N=CCC=C1.C=C(O)Cc1nc2ccc(C(=O)NCC3CCCN(C(=O)C4CC4)C3)cc2[nH]1.CC. The molecule has 1 saturated carbocycles.